The van der Waals surface area contributed by atoms with Crippen LogP contribution in [0.25, 0.3) is 0 Å². The zero-order chi connectivity index (χ0) is 14.3. The maximum Gasteiger partial charge on any atom is 0.220 e. The van der Waals surface area contributed by atoms with Gasteiger partial charge in [0.2, 0.25) is 5.91 Å². The molecular weight excluding hydrogens is 238 g/mol. The Labute approximate surface area is 116 Å². The number of aliphatic hydroxyl groups excluding tert-OH is 1. The Bertz CT molecular complexity index is 384. The van der Waals surface area contributed by atoms with Crippen molar-refractivity contribution < 1.29 is 9.90 Å². The Morgan fingerprint density at radius 1 is 1.26 bits per heavy atom. The lowest BCUT2D eigenvalue weighted by Gasteiger charge is -2.23. The molecule has 1 amide bonds. The highest BCUT2D eigenvalue weighted by Gasteiger charge is 2.17. The van der Waals surface area contributed by atoms with E-state index in [1.54, 1.807) is 0 Å². The van der Waals surface area contributed by atoms with Crippen molar-refractivity contribution in [2.24, 2.45) is 5.92 Å². The standard InChI is InChI=1S/C16H25NO2/c1-4-13-7-9-14(10-8-13)16(12(2)3)17-15(19)6-5-11-18/h7-10,12,16,18H,4-6,11H2,1-3H3,(H,17,19). The third-order valence-corrected chi connectivity index (χ3v) is 3.29. The zero-order valence-corrected chi connectivity index (χ0v) is 12.1. The summed E-state index contributed by atoms with van der Waals surface area (Å²) in [6, 6.07) is 8.46. The molecule has 0 aromatic heterocycles. The summed E-state index contributed by atoms with van der Waals surface area (Å²) in [6.07, 6.45) is 1.92. The third kappa shape index (κ3) is 5.03. The Morgan fingerprint density at radius 3 is 2.37 bits per heavy atom. The van der Waals surface area contributed by atoms with Gasteiger partial charge in [0.1, 0.15) is 0 Å². The van der Waals surface area contributed by atoms with Gasteiger partial charge in [-0.2, -0.15) is 0 Å². The molecule has 1 rings (SSSR count). The van der Waals surface area contributed by atoms with Crippen molar-refractivity contribution in [1.82, 2.24) is 5.32 Å². The average molecular weight is 263 g/mol. The fourth-order valence-electron chi connectivity index (χ4n) is 2.08. The molecule has 1 atom stereocenters. The van der Waals surface area contributed by atoms with Crippen molar-refractivity contribution in [3.05, 3.63) is 35.4 Å². The van der Waals surface area contributed by atoms with E-state index in [1.807, 2.05) is 0 Å². The molecule has 106 valence electrons. The highest BCUT2D eigenvalue weighted by Crippen LogP contribution is 2.22. The largest absolute Gasteiger partial charge is 0.396 e. The predicted octanol–water partition coefficient (Wildman–Crippen LogP) is 2.83. The molecule has 0 radical (unpaired) electrons. The van der Waals surface area contributed by atoms with Gasteiger partial charge < -0.3 is 10.4 Å². The summed E-state index contributed by atoms with van der Waals surface area (Å²) in [4.78, 5) is 11.8. The highest BCUT2D eigenvalue weighted by molar-refractivity contribution is 5.76. The van der Waals surface area contributed by atoms with E-state index >= 15 is 0 Å². The Morgan fingerprint density at radius 2 is 1.89 bits per heavy atom. The summed E-state index contributed by atoms with van der Waals surface area (Å²) in [7, 11) is 0. The molecule has 0 heterocycles. The summed E-state index contributed by atoms with van der Waals surface area (Å²) in [5.41, 5.74) is 2.45. The maximum absolute atomic E-state index is 11.8. The van der Waals surface area contributed by atoms with Crippen LogP contribution in [-0.4, -0.2) is 17.6 Å². The van der Waals surface area contributed by atoms with Gasteiger partial charge in [-0.15, -0.1) is 0 Å². The van der Waals surface area contributed by atoms with Crippen molar-refractivity contribution in [2.75, 3.05) is 6.61 Å². The molecule has 1 unspecified atom stereocenters. The molecule has 0 aliphatic rings. The molecule has 0 saturated carbocycles. The van der Waals surface area contributed by atoms with Gasteiger partial charge in [0.25, 0.3) is 0 Å². The number of aliphatic hydroxyl groups is 1. The van der Waals surface area contributed by atoms with Crippen LogP contribution in [-0.2, 0) is 11.2 Å². The number of nitrogens with one attached hydrogen (secondary N) is 1. The van der Waals surface area contributed by atoms with Crippen molar-refractivity contribution in [2.45, 2.75) is 46.1 Å². The van der Waals surface area contributed by atoms with Crippen LogP contribution in [0.5, 0.6) is 0 Å². The van der Waals surface area contributed by atoms with Gasteiger partial charge in [-0.25, -0.2) is 0 Å². The Balaban J connectivity index is 2.73. The van der Waals surface area contributed by atoms with E-state index in [9.17, 15) is 4.79 Å². The average Bonchev–Trinajstić information content (AvgIpc) is 2.42. The van der Waals surface area contributed by atoms with E-state index in [0.29, 0.717) is 18.8 Å². The number of aryl methyl sites for hydroxylation is 1. The van der Waals surface area contributed by atoms with Crippen LogP contribution in [0.3, 0.4) is 0 Å². The molecule has 0 saturated heterocycles. The summed E-state index contributed by atoms with van der Waals surface area (Å²) < 4.78 is 0. The summed E-state index contributed by atoms with van der Waals surface area (Å²) in [5.74, 6) is 0.345. The lowest BCUT2D eigenvalue weighted by Crippen LogP contribution is -2.31. The van der Waals surface area contributed by atoms with E-state index in [1.165, 1.54) is 5.56 Å². The molecule has 0 fully saturated rings. The number of benzene rings is 1. The van der Waals surface area contributed by atoms with Crippen LogP contribution in [0.4, 0.5) is 0 Å². The number of carbonyl (C=O) groups excluding carboxylic acids is 1. The smallest absolute Gasteiger partial charge is 0.220 e. The van der Waals surface area contributed by atoms with Crippen molar-refractivity contribution in [3.63, 3.8) is 0 Å². The number of amides is 1. The minimum absolute atomic E-state index is 0.00678. The molecule has 1 aromatic rings. The first-order valence-electron chi connectivity index (χ1n) is 7.07. The quantitative estimate of drug-likeness (QED) is 0.794. The first kappa shape index (κ1) is 15.7. The van der Waals surface area contributed by atoms with Gasteiger partial charge in [-0.3, -0.25) is 4.79 Å². The van der Waals surface area contributed by atoms with Gasteiger partial charge in [-0.1, -0.05) is 45.0 Å². The predicted molar refractivity (Wildman–Crippen MR) is 77.9 cm³/mol. The second-order valence-electron chi connectivity index (χ2n) is 5.21. The minimum atomic E-state index is 0.00678. The minimum Gasteiger partial charge on any atom is -0.396 e. The molecule has 0 aliphatic carbocycles. The van der Waals surface area contributed by atoms with E-state index in [4.69, 9.17) is 5.11 Å². The lowest BCUT2D eigenvalue weighted by molar-refractivity contribution is -0.122. The van der Waals surface area contributed by atoms with Crippen molar-refractivity contribution in [1.29, 1.82) is 0 Å². The summed E-state index contributed by atoms with van der Waals surface area (Å²) >= 11 is 0. The van der Waals surface area contributed by atoms with Crippen LogP contribution >= 0.6 is 0 Å². The van der Waals surface area contributed by atoms with E-state index in [2.05, 4.69) is 50.4 Å². The van der Waals surface area contributed by atoms with Gasteiger partial charge in [0, 0.05) is 13.0 Å². The second-order valence-corrected chi connectivity index (χ2v) is 5.21. The lowest BCUT2D eigenvalue weighted by atomic mass is 9.94. The zero-order valence-electron chi connectivity index (χ0n) is 12.1. The number of hydrogen-bond acceptors (Lipinski definition) is 2. The molecule has 2 N–H and O–H groups in total. The van der Waals surface area contributed by atoms with Crippen LogP contribution in [0, 0.1) is 5.92 Å². The fourth-order valence-corrected chi connectivity index (χ4v) is 2.08. The topological polar surface area (TPSA) is 49.3 Å². The molecule has 0 spiro atoms. The van der Waals surface area contributed by atoms with Gasteiger partial charge in [0.15, 0.2) is 0 Å². The van der Waals surface area contributed by atoms with Crippen LogP contribution in [0.1, 0.15) is 50.8 Å². The van der Waals surface area contributed by atoms with Crippen LogP contribution in [0.2, 0.25) is 0 Å². The first-order chi connectivity index (χ1) is 9.08. The maximum atomic E-state index is 11.8. The van der Waals surface area contributed by atoms with E-state index in [-0.39, 0.29) is 18.6 Å². The van der Waals surface area contributed by atoms with E-state index in [0.717, 1.165) is 12.0 Å². The molecule has 1 aromatic carbocycles. The Kier molecular flexibility index (Phi) is 6.57. The van der Waals surface area contributed by atoms with Crippen molar-refractivity contribution in [3.8, 4) is 0 Å². The Hall–Kier alpha value is -1.35. The third-order valence-electron chi connectivity index (χ3n) is 3.29. The van der Waals surface area contributed by atoms with Gasteiger partial charge in [0.05, 0.1) is 6.04 Å². The number of hydrogen-bond donors (Lipinski definition) is 2. The number of carbonyl (C=O) groups is 1. The van der Waals surface area contributed by atoms with E-state index < -0.39 is 0 Å². The SMILES string of the molecule is CCc1ccc(C(NC(=O)CCCO)C(C)C)cc1. The summed E-state index contributed by atoms with van der Waals surface area (Å²) in [5, 5.41) is 11.8. The highest BCUT2D eigenvalue weighted by atomic mass is 16.3. The molecule has 19 heavy (non-hydrogen) atoms. The molecule has 3 nitrogen and oxygen atoms in total. The molecule has 0 bridgehead atoms. The molecule has 0 aliphatic heterocycles. The summed E-state index contributed by atoms with van der Waals surface area (Å²) in [6.45, 7) is 6.39. The van der Waals surface area contributed by atoms with Gasteiger partial charge >= 0.3 is 0 Å². The van der Waals surface area contributed by atoms with Crippen molar-refractivity contribution >= 4 is 5.91 Å². The normalized spacial score (nSPS) is 12.5. The fraction of sp³-hybridized carbons (Fsp3) is 0.562. The molecular formula is C16H25NO2. The second kappa shape index (κ2) is 7.95. The van der Waals surface area contributed by atoms with Crippen LogP contribution in [0.15, 0.2) is 24.3 Å². The first-order valence-corrected chi connectivity index (χ1v) is 7.07. The number of rotatable bonds is 7. The van der Waals surface area contributed by atoms with Crippen LogP contribution < -0.4 is 5.32 Å². The molecule has 3 heteroatoms. The monoisotopic (exact) mass is 263 g/mol. The van der Waals surface area contributed by atoms with Gasteiger partial charge in [-0.05, 0) is 29.9 Å².